The number of aryl methyl sites for hydroxylation is 1. The average molecular weight is 389 g/mol. The third-order valence-corrected chi connectivity index (χ3v) is 4.22. The first-order valence-electron chi connectivity index (χ1n) is 7.81. The van der Waals surface area contributed by atoms with Crippen molar-refractivity contribution >= 4 is 6.47 Å². The van der Waals surface area contributed by atoms with Gasteiger partial charge in [0.2, 0.25) is 5.88 Å². The molecule has 1 aromatic heterocycles. The first-order valence-corrected chi connectivity index (χ1v) is 7.81. The van der Waals surface area contributed by atoms with Gasteiger partial charge in [-0.25, -0.2) is 4.98 Å². The van der Waals surface area contributed by atoms with Gasteiger partial charge in [0, 0.05) is 12.3 Å². The number of rotatable bonds is 4. The minimum atomic E-state index is -5.56. The van der Waals surface area contributed by atoms with E-state index in [2.05, 4.69) is 4.98 Å². The van der Waals surface area contributed by atoms with Gasteiger partial charge in [0.05, 0.1) is 5.41 Å². The van der Waals surface area contributed by atoms with Crippen LogP contribution in [0, 0.1) is 6.92 Å². The van der Waals surface area contributed by atoms with E-state index in [1.165, 1.54) is 24.3 Å². The largest absolute Gasteiger partial charge is 0.483 e. The van der Waals surface area contributed by atoms with E-state index in [1.54, 1.807) is 18.3 Å². The fourth-order valence-corrected chi connectivity index (χ4v) is 2.66. The first kappa shape index (κ1) is 20.6. The molecule has 0 unspecified atom stereocenters. The summed E-state index contributed by atoms with van der Waals surface area (Å²) in [5.41, 5.74) is -1.25. The van der Waals surface area contributed by atoms with Crippen molar-refractivity contribution in [3.63, 3.8) is 0 Å². The molecule has 27 heavy (non-hydrogen) atoms. The molecular formula is C18H16F5NO3. The van der Waals surface area contributed by atoms with Crippen molar-refractivity contribution in [2.75, 3.05) is 0 Å². The van der Waals surface area contributed by atoms with E-state index in [4.69, 9.17) is 14.6 Å². The lowest BCUT2D eigenvalue weighted by Gasteiger charge is -2.29. The van der Waals surface area contributed by atoms with Crippen molar-refractivity contribution in [1.29, 1.82) is 0 Å². The standard InChI is InChI=1S/C17H14F5NO.CH2O2/c1-11-2-7-14(23-10-11)24-13-5-3-12(4-6-13)15(8-9-15)16(18,19)17(20,21)22;2-1-3/h2-7,10H,8-9H2,1H3;1H,(H,2,3). The van der Waals surface area contributed by atoms with Crippen LogP contribution in [0.4, 0.5) is 22.0 Å². The molecule has 4 nitrogen and oxygen atoms in total. The molecule has 1 aliphatic carbocycles. The number of alkyl halides is 5. The number of benzene rings is 1. The smallest absolute Gasteiger partial charge is 0.454 e. The molecule has 1 heterocycles. The molecule has 0 radical (unpaired) electrons. The van der Waals surface area contributed by atoms with Gasteiger partial charge in [-0.1, -0.05) is 18.2 Å². The van der Waals surface area contributed by atoms with E-state index in [9.17, 15) is 22.0 Å². The molecule has 2 aromatic rings. The summed E-state index contributed by atoms with van der Waals surface area (Å²) in [6.07, 6.45) is -4.35. The van der Waals surface area contributed by atoms with Crippen molar-refractivity contribution in [3.8, 4) is 11.6 Å². The van der Waals surface area contributed by atoms with E-state index in [0.717, 1.165) is 5.56 Å². The quantitative estimate of drug-likeness (QED) is 0.583. The topological polar surface area (TPSA) is 59.4 Å². The second-order valence-electron chi connectivity index (χ2n) is 6.06. The summed E-state index contributed by atoms with van der Waals surface area (Å²) in [4.78, 5) is 12.4. The molecule has 1 saturated carbocycles. The van der Waals surface area contributed by atoms with E-state index < -0.39 is 17.5 Å². The Kier molecular flexibility index (Phi) is 5.72. The molecule has 9 heteroatoms. The molecule has 0 aliphatic heterocycles. The molecule has 0 spiro atoms. The zero-order valence-electron chi connectivity index (χ0n) is 14.1. The maximum Gasteiger partial charge on any atom is 0.454 e. The van der Waals surface area contributed by atoms with Crippen LogP contribution in [-0.2, 0) is 10.2 Å². The summed E-state index contributed by atoms with van der Waals surface area (Å²) in [6, 6.07) is 8.71. The summed E-state index contributed by atoms with van der Waals surface area (Å²) in [5.74, 6) is -4.11. The Balaban J connectivity index is 0.000000817. The van der Waals surface area contributed by atoms with Crippen LogP contribution in [-0.4, -0.2) is 28.7 Å². The highest BCUT2D eigenvalue weighted by Gasteiger charge is 2.75. The molecular weight excluding hydrogens is 373 g/mol. The lowest BCUT2D eigenvalue weighted by Crippen LogP contribution is -2.47. The summed E-state index contributed by atoms with van der Waals surface area (Å²) < 4.78 is 71.0. The first-order chi connectivity index (χ1) is 12.6. The Morgan fingerprint density at radius 3 is 2.04 bits per heavy atom. The van der Waals surface area contributed by atoms with E-state index in [1.807, 2.05) is 6.92 Å². The van der Waals surface area contributed by atoms with Crippen LogP contribution in [0.25, 0.3) is 0 Å². The van der Waals surface area contributed by atoms with Gasteiger partial charge in [0.15, 0.2) is 0 Å². The highest BCUT2D eigenvalue weighted by Crippen LogP contribution is 2.63. The number of halogens is 5. The van der Waals surface area contributed by atoms with Crippen molar-refractivity contribution in [2.24, 2.45) is 0 Å². The van der Waals surface area contributed by atoms with Gasteiger partial charge in [-0.15, -0.1) is 0 Å². The highest BCUT2D eigenvalue weighted by atomic mass is 19.4. The summed E-state index contributed by atoms with van der Waals surface area (Å²) >= 11 is 0. The molecule has 1 N–H and O–H groups in total. The number of aromatic nitrogens is 1. The molecule has 0 saturated heterocycles. The van der Waals surface area contributed by atoms with Gasteiger partial charge in [0.1, 0.15) is 5.75 Å². The predicted octanol–water partition coefficient (Wildman–Crippen LogP) is 5.11. The normalized spacial score (nSPS) is 15.3. The Hall–Kier alpha value is -2.71. The molecule has 1 fully saturated rings. The highest BCUT2D eigenvalue weighted by molar-refractivity contribution is 5.40. The predicted molar refractivity (Wildman–Crippen MR) is 86.1 cm³/mol. The van der Waals surface area contributed by atoms with Crippen LogP contribution in [0.1, 0.15) is 24.0 Å². The van der Waals surface area contributed by atoms with Crippen molar-refractivity contribution in [1.82, 2.24) is 4.98 Å². The molecule has 0 bridgehead atoms. The molecule has 1 aromatic carbocycles. The van der Waals surface area contributed by atoms with Crippen LogP contribution in [0.5, 0.6) is 11.6 Å². The SMILES string of the molecule is Cc1ccc(Oc2ccc(C3(C(F)(F)C(F)(F)F)CC3)cc2)nc1.O=CO. The monoisotopic (exact) mass is 389 g/mol. The zero-order chi connectivity index (χ0) is 20.3. The fraction of sp³-hybridized carbons (Fsp3) is 0.333. The number of carboxylic acid groups (broad SMARTS) is 1. The lowest BCUT2D eigenvalue weighted by molar-refractivity contribution is -0.296. The number of hydrogen-bond donors (Lipinski definition) is 1. The second-order valence-corrected chi connectivity index (χ2v) is 6.06. The van der Waals surface area contributed by atoms with Gasteiger partial charge in [-0.2, -0.15) is 22.0 Å². The van der Waals surface area contributed by atoms with Crippen LogP contribution in [0.3, 0.4) is 0 Å². The Morgan fingerprint density at radius 2 is 1.63 bits per heavy atom. The average Bonchev–Trinajstić information content (AvgIpc) is 3.40. The molecule has 0 atom stereocenters. The fourth-order valence-electron chi connectivity index (χ4n) is 2.66. The van der Waals surface area contributed by atoms with Gasteiger partial charge < -0.3 is 9.84 Å². The van der Waals surface area contributed by atoms with E-state index in [-0.39, 0.29) is 24.9 Å². The van der Waals surface area contributed by atoms with Gasteiger partial charge in [0.25, 0.3) is 6.47 Å². The van der Waals surface area contributed by atoms with Crippen LogP contribution < -0.4 is 4.74 Å². The zero-order valence-corrected chi connectivity index (χ0v) is 14.1. The minimum absolute atomic E-state index is 0.0333. The van der Waals surface area contributed by atoms with Gasteiger partial charge >= 0.3 is 12.1 Å². The summed E-state index contributed by atoms with van der Waals surface area (Å²) in [6.45, 7) is 1.61. The second kappa shape index (κ2) is 7.50. The Morgan fingerprint density at radius 1 is 1.07 bits per heavy atom. The number of nitrogens with zero attached hydrogens (tertiary/aromatic N) is 1. The van der Waals surface area contributed by atoms with Crippen molar-refractivity contribution < 1.29 is 36.6 Å². The molecule has 1 aliphatic rings. The molecule has 146 valence electrons. The number of carbonyl (C=O) groups is 1. The summed E-state index contributed by atoms with van der Waals surface area (Å²) in [5, 5.41) is 6.89. The molecule has 3 rings (SSSR count). The van der Waals surface area contributed by atoms with Crippen LogP contribution in [0.15, 0.2) is 42.6 Å². The minimum Gasteiger partial charge on any atom is -0.483 e. The van der Waals surface area contributed by atoms with Crippen molar-refractivity contribution in [2.45, 2.75) is 37.3 Å². The Labute approximate surface area is 151 Å². The van der Waals surface area contributed by atoms with Crippen molar-refractivity contribution in [3.05, 3.63) is 53.7 Å². The van der Waals surface area contributed by atoms with E-state index in [0.29, 0.717) is 11.6 Å². The number of hydrogen-bond acceptors (Lipinski definition) is 3. The van der Waals surface area contributed by atoms with Gasteiger partial charge in [-0.3, -0.25) is 4.79 Å². The third kappa shape index (κ3) is 4.17. The van der Waals surface area contributed by atoms with Crippen LogP contribution >= 0.6 is 0 Å². The summed E-state index contributed by atoms with van der Waals surface area (Å²) in [7, 11) is 0. The lowest BCUT2D eigenvalue weighted by atomic mass is 9.88. The van der Waals surface area contributed by atoms with Crippen LogP contribution in [0.2, 0.25) is 0 Å². The van der Waals surface area contributed by atoms with Gasteiger partial charge in [-0.05, 0) is 43.0 Å². The Bertz CT molecular complexity index is 769. The number of ether oxygens (including phenoxy) is 1. The number of pyridine rings is 1. The van der Waals surface area contributed by atoms with E-state index >= 15 is 0 Å². The maximum absolute atomic E-state index is 13.8. The maximum atomic E-state index is 13.8. The molecule has 0 amide bonds. The third-order valence-electron chi connectivity index (χ3n) is 4.22.